The molecule has 1 amide bonds. The Kier molecular flexibility index (Phi) is 3.41. The Hall–Kier alpha value is -1.85. The van der Waals surface area contributed by atoms with E-state index in [9.17, 15) is 9.59 Å². The minimum absolute atomic E-state index is 0.0463. The molecule has 17 heavy (non-hydrogen) atoms. The van der Waals surface area contributed by atoms with E-state index in [1.165, 1.54) is 6.26 Å². The van der Waals surface area contributed by atoms with Gasteiger partial charge < -0.3 is 9.15 Å². The van der Waals surface area contributed by atoms with E-state index in [2.05, 4.69) is 10.3 Å². The predicted octanol–water partition coefficient (Wildman–Crippen LogP) is 1.59. The Morgan fingerprint density at radius 2 is 2.35 bits per heavy atom. The lowest BCUT2D eigenvalue weighted by Gasteiger charge is -2.22. The van der Waals surface area contributed by atoms with E-state index in [1.807, 2.05) is 0 Å². The molecule has 1 aromatic rings. The third-order valence-corrected chi connectivity index (χ3v) is 2.69. The average molecular weight is 238 g/mol. The van der Waals surface area contributed by atoms with Crippen LogP contribution in [0.15, 0.2) is 10.7 Å². The zero-order valence-corrected chi connectivity index (χ0v) is 9.56. The first-order chi connectivity index (χ1) is 8.20. The zero-order valence-electron chi connectivity index (χ0n) is 9.56. The normalized spacial score (nSPS) is 15.1. The number of carbonyl (C=O) groups excluding carboxylic acids is 2. The third kappa shape index (κ3) is 2.64. The molecule has 1 N–H and O–H groups in total. The van der Waals surface area contributed by atoms with Crippen molar-refractivity contribution < 1.29 is 18.7 Å². The maximum Gasteiger partial charge on any atom is 0.360 e. The van der Waals surface area contributed by atoms with Gasteiger partial charge in [0.1, 0.15) is 6.26 Å². The molecule has 1 aliphatic rings. The van der Waals surface area contributed by atoms with Gasteiger partial charge in [0.2, 0.25) is 5.91 Å². The summed E-state index contributed by atoms with van der Waals surface area (Å²) in [4.78, 5) is 26.7. The van der Waals surface area contributed by atoms with Gasteiger partial charge >= 0.3 is 12.0 Å². The van der Waals surface area contributed by atoms with Crippen molar-refractivity contribution in [2.24, 2.45) is 5.92 Å². The van der Waals surface area contributed by atoms with E-state index >= 15 is 0 Å². The van der Waals surface area contributed by atoms with Crippen molar-refractivity contribution >= 4 is 17.9 Å². The number of amides is 1. The number of oxazole rings is 1. The molecule has 0 aromatic carbocycles. The number of aromatic nitrogens is 1. The molecule has 1 fully saturated rings. The topological polar surface area (TPSA) is 81.4 Å². The highest BCUT2D eigenvalue weighted by atomic mass is 16.5. The van der Waals surface area contributed by atoms with E-state index in [1.54, 1.807) is 6.92 Å². The molecule has 0 unspecified atom stereocenters. The fourth-order valence-electron chi connectivity index (χ4n) is 1.51. The second-order valence-electron chi connectivity index (χ2n) is 3.88. The fourth-order valence-corrected chi connectivity index (χ4v) is 1.51. The van der Waals surface area contributed by atoms with Crippen LogP contribution in [-0.4, -0.2) is 23.5 Å². The van der Waals surface area contributed by atoms with Gasteiger partial charge in [-0.2, -0.15) is 4.98 Å². The first-order valence-electron chi connectivity index (χ1n) is 5.64. The molecule has 6 nitrogen and oxygen atoms in total. The van der Waals surface area contributed by atoms with Gasteiger partial charge in [-0.15, -0.1) is 0 Å². The average Bonchev–Trinajstić information content (AvgIpc) is 2.63. The molecule has 1 aliphatic carbocycles. The van der Waals surface area contributed by atoms with Crippen LogP contribution in [0.5, 0.6) is 0 Å². The Morgan fingerprint density at radius 3 is 2.94 bits per heavy atom. The molecule has 0 atom stereocenters. The summed E-state index contributed by atoms with van der Waals surface area (Å²) >= 11 is 0. The number of anilines is 1. The van der Waals surface area contributed by atoms with Crippen LogP contribution < -0.4 is 5.32 Å². The summed E-state index contributed by atoms with van der Waals surface area (Å²) in [5.74, 6) is -0.609. The predicted molar refractivity (Wildman–Crippen MR) is 58.4 cm³/mol. The van der Waals surface area contributed by atoms with Crippen LogP contribution in [0.2, 0.25) is 0 Å². The zero-order chi connectivity index (χ0) is 12.3. The summed E-state index contributed by atoms with van der Waals surface area (Å²) in [5.41, 5.74) is 0.0655. The van der Waals surface area contributed by atoms with Crippen LogP contribution >= 0.6 is 0 Å². The van der Waals surface area contributed by atoms with Gasteiger partial charge in [0.05, 0.1) is 6.61 Å². The summed E-state index contributed by atoms with van der Waals surface area (Å²) in [6, 6.07) is 0.0463. The summed E-state index contributed by atoms with van der Waals surface area (Å²) in [6.07, 6.45) is 4.06. The van der Waals surface area contributed by atoms with Crippen molar-refractivity contribution in [3.05, 3.63) is 12.0 Å². The van der Waals surface area contributed by atoms with Crippen LogP contribution in [0.1, 0.15) is 36.7 Å². The molecule has 92 valence electrons. The first-order valence-corrected chi connectivity index (χ1v) is 5.64. The number of esters is 1. The van der Waals surface area contributed by atoms with Gasteiger partial charge in [0.25, 0.3) is 0 Å². The molecule has 2 rings (SSSR count). The van der Waals surface area contributed by atoms with E-state index < -0.39 is 5.97 Å². The number of ether oxygens (including phenoxy) is 1. The highest BCUT2D eigenvalue weighted by molar-refractivity contribution is 5.92. The number of carbonyl (C=O) groups is 2. The molecular weight excluding hydrogens is 224 g/mol. The van der Waals surface area contributed by atoms with Crippen molar-refractivity contribution in [1.82, 2.24) is 4.98 Å². The van der Waals surface area contributed by atoms with Crippen LogP contribution in [0.4, 0.5) is 6.01 Å². The largest absolute Gasteiger partial charge is 0.461 e. The molecule has 6 heteroatoms. The van der Waals surface area contributed by atoms with Gasteiger partial charge in [0.15, 0.2) is 5.69 Å². The van der Waals surface area contributed by atoms with E-state index in [4.69, 9.17) is 9.15 Å². The number of rotatable bonds is 4. The van der Waals surface area contributed by atoms with Crippen molar-refractivity contribution in [1.29, 1.82) is 0 Å². The Morgan fingerprint density at radius 1 is 1.59 bits per heavy atom. The maximum atomic E-state index is 11.6. The van der Waals surface area contributed by atoms with Crippen molar-refractivity contribution in [3.8, 4) is 0 Å². The number of hydrogen-bond donors (Lipinski definition) is 1. The second-order valence-corrected chi connectivity index (χ2v) is 3.88. The summed E-state index contributed by atoms with van der Waals surface area (Å²) in [5, 5.41) is 2.54. The van der Waals surface area contributed by atoms with E-state index in [0.29, 0.717) is 0 Å². The Balaban J connectivity index is 1.93. The molecule has 0 radical (unpaired) electrons. The quantitative estimate of drug-likeness (QED) is 0.805. The van der Waals surface area contributed by atoms with E-state index in [0.717, 1.165) is 19.3 Å². The monoisotopic (exact) mass is 238 g/mol. The summed E-state index contributed by atoms with van der Waals surface area (Å²) in [6.45, 7) is 1.98. The highest BCUT2D eigenvalue weighted by Crippen LogP contribution is 2.27. The standard InChI is InChI=1S/C11H14N2O4/c1-2-16-10(15)8-6-17-11(12-8)13-9(14)7-4-3-5-7/h6-7H,2-5H2,1H3,(H,12,13,14). The van der Waals surface area contributed by atoms with Gasteiger partial charge in [-0.1, -0.05) is 6.42 Å². The number of nitrogens with zero attached hydrogens (tertiary/aromatic N) is 1. The molecule has 1 aromatic heterocycles. The second kappa shape index (κ2) is 4.99. The van der Waals surface area contributed by atoms with Crippen LogP contribution in [-0.2, 0) is 9.53 Å². The maximum absolute atomic E-state index is 11.6. The van der Waals surface area contributed by atoms with Gasteiger partial charge in [0, 0.05) is 5.92 Å². The molecule has 1 saturated carbocycles. The Bertz CT molecular complexity index is 423. The molecule has 0 saturated heterocycles. The van der Waals surface area contributed by atoms with Crippen molar-refractivity contribution in [2.75, 3.05) is 11.9 Å². The lowest BCUT2D eigenvalue weighted by atomic mass is 9.85. The molecular formula is C11H14N2O4. The minimum atomic E-state index is -0.555. The van der Waals surface area contributed by atoms with Crippen LogP contribution in [0.25, 0.3) is 0 Å². The van der Waals surface area contributed by atoms with Gasteiger partial charge in [-0.05, 0) is 19.8 Å². The number of nitrogens with one attached hydrogen (secondary N) is 1. The first kappa shape index (κ1) is 11.6. The minimum Gasteiger partial charge on any atom is -0.461 e. The van der Waals surface area contributed by atoms with E-state index in [-0.39, 0.29) is 30.1 Å². The fraction of sp³-hybridized carbons (Fsp3) is 0.545. The summed E-state index contributed by atoms with van der Waals surface area (Å²) in [7, 11) is 0. The Labute approximate surface area is 98.3 Å². The number of hydrogen-bond acceptors (Lipinski definition) is 5. The summed E-state index contributed by atoms with van der Waals surface area (Å²) < 4.78 is 9.73. The van der Waals surface area contributed by atoms with Crippen molar-refractivity contribution in [3.63, 3.8) is 0 Å². The third-order valence-electron chi connectivity index (χ3n) is 2.69. The van der Waals surface area contributed by atoms with Gasteiger partial charge in [-0.25, -0.2) is 4.79 Å². The molecule has 0 spiro atoms. The van der Waals surface area contributed by atoms with Crippen LogP contribution in [0.3, 0.4) is 0 Å². The lowest BCUT2D eigenvalue weighted by Crippen LogP contribution is -2.28. The van der Waals surface area contributed by atoms with Crippen molar-refractivity contribution in [2.45, 2.75) is 26.2 Å². The van der Waals surface area contributed by atoms with Gasteiger partial charge in [-0.3, -0.25) is 10.1 Å². The smallest absolute Gasteiger partial charge is 0.360 e. The highest BCUT2D eigenvalue weighted by Gasteiger charge is 2.26. The van der Waals surface area contributed by atoms with Crippen LogP contribution in [0, 0.1) is 5.92 Å². The molecule has 1 heterocycles. The molecule has 0 aliphatic heterocycles. The molecule has 0 bridgehead atoms. The lowest BCUT2D eigenvalue weighted by molar-refractivity contribution is -0.122. The SMILES string of the molecule is CCOC(=O)c1coc(NC(=O)C2CCC2)n1.